The summed E-state index contributed by atoms with van der Waals surface area (Å²) < 4.78 is 3.75. The number of fused-ring (bicyclic) bond motifs is 1. The molecule has 1 atom stereocenters. The molecule has 3 aromatic heterocycles. The Morgan fingerprint density at radius 2 is 1.75 bits per heavy atom. The van der Waals surface area contributed by atoms with Crippen molar-refractivity contribution in [2.75, 3.05) is 0 Å². The van der Waals surface area contributed by atoms with Crippen molar-refractivity contribution in [2.24, 2.45) is 0 Å². The van der Waals surface area contributed by atoms with Gasteiger partial charge in [-0.05, 0) is 47.6 Å². The Morgan fingerprint density at radius 1 is 1.03 bits per heavy atom. The average molecular weight is 431 g/mol. The molecule has 7 heteroatoms. The third-order valence-electron chi connectivity index (χ3n) is 5.89. The first kappa shape index (κ1) is 21.7. The van der Waals surface area contributed by atoms with Crippen molar-refractivity contribution < 1.29 is 4.79 Å². The first-order valence-corrected chi connectivity index (χ1v) is 11.1. The number of nitrogens with zero attached hydrogens (tertiary/aromatic N) is 5. The second-order valence-electron chi connectivity index (χ2n) is 8.24. The van der Waals surface area contributed by atoms with E-state index in [1.165, 1.54) is 5.56 Å². The van der Waals surface area contributed by atoms with Gasteiger partial charge in [-0.3, -0.25) is 9.48 Å². The molecule has 4 aromatic rings. The molecule has 0 radical (unpaired) electrons. The molecule has 0 bridgehead atoms. The van der Waals surface area contributed by atoms with E-state index in [-0.39, 0.29) is 11.9 Å². The zero-order valence-electron chi connectivity index (χ0n) is 19.6. The lowest BCUT2D eigenvalue weighted by atomic mass is 10.0. The molecule has 7 nitrogen and oxygen atoms in total. The van der Waals surface area contributed by atoms with Gasteiger partial charge in [0.25, 0.3) is 5.91 Å². The van der Waals surface area contributed by atoms with Gasteiger partial charge in [0.15, 0.2) is 5.65 Å². The summed E-state index contributed by atoms with van der Waals surface area (Å²) in [7, 11) is 0. The number of amides is 1. The number of hydrogen-bond donors (Lipinski definition) is 1. The van der Waals surface area contributed by atoms with Crippen molar-refractivity contribution in [3.8, 4) is 11.3 Å². The van der Waals surface area contributed by atoms with Crippen LogP contribution < -0.4 is 5.32 Å². The maximum Gasteiger partial charge on any atom is 0.252 e. The molecule has 0 unspecified atom stereocenters. The van der Waals surface area contributed by atoms with Gasteiger partial charge >= 0.3 is 0 Å². The highest BCUT2D eigenvalue weighted by Gasteiger charge is 2.22. The molecule has 32 heavy (non-hydrogen) atoms. The minimum Gasteiger partial charge on any atom is -0.345 e. The van der Waals surface area contributed by atoms with Crippen molar-refractivity contribution in [3.63, 3.8) is 0 Å². The predicted molar refractivity (Wildman–Crippen MR) is 127 cm³/mol. The lowest BCUT2D eigenvalue weighted by molar-refractivity contribution is 0.0941. The monoisotopic (exact) mass is 430 g/mol. The van der Waals surface area contributed by atoms with E-state index in [9.17, 15) is 4.79 Å². The Labute approximate surface area is 188 Å². The molecule has 0 saturated heterocycles. The van der Waals surface area contributed by atoms with Crippen molar-refractivity contribution in [1.29, 1.82) is 0 Å². The van der Waals surface area contributed by atoms with Crippen LogP contribution in [0.5, 0.6) is 0 Å². The predicted octanol–water partition coefficient (Wildman–Crippen LogP) is 4.75. The van der Waals surface area contributed by atoms with Crippen molar-refractivity contribution in [2.45, 2.75) is 60.7 Å². The van der Waals surface area contributed by atoms with E-state index in [4.69, 9.17) is 4.98 Å². The SMILES string of the molecule is CCn1cc([C@@H](C)NC(=O)c2cc(-c3ccc(C)cc3)nc3c2c(C)nn3CC)c(C)n1. The van der Waals surface area contributed by atoms with Gasteiger partial charge in [-0.15, -0.1) is 0 Å². The van der Waals surface area contributed by atoms with Gasteiger partial charge in [-0.1, -0.05) is 29.8 Å². The Morgan fingerprint density at radius 3 is 2.38 bits per heavy atom. The number of carbonyl (C=O) groups is 1. The zero-order valence-corrected chi connectivity index (χ0v) is 19.6. The van der Waals surface area contributed by atoms with E-state index in [0.717, 1.165) is 45.8 Å². The highest BCUT2D eigenvalue weighted by Crippen LogP contribution is 2.28. The number of carbonyl (C=O) groups excluding carboxylic acids is 1. The van der Waals surface area contributed by atoms with E-state index in [1.807, 2.05) is 68.4 Å². The molecule has 1 N–H and O–H groups in total. The molecule has 1 aromatic carbocycles. The van der Waals surface area contributed by atoms with Crippen LogP contribution in [0, 0.1) is 20.8 Å². The maximum absolute atomic E-state index is 13.5. The summed E-state index contributed by atoms with van der Waals surface area (Å²) >= 11 is 0. The molecule has 0 fully saturated rings. The van der Waals surface area contributed by atoms with Gasteiger partial charge in [0.1, 0.15) is 0 Å². The molecule has 0 aliphatic heterocycles. The molecular weight excluding hydrogens is 400 g/mol. The van der Waals surface area contributed by atoms with E-state index >= 15 is 0 Å². The second kappa shape index (κ2) is 8.57. The summed E-state index contributed by atoms with van der Waals surface area (Å²) in [6.45, 7) is 13.5. The molecule has 0 aliphatic rings. The van der Waals surface area contributed by atoms with Crippen LogP contribution in [0.15, 0.2) is 36.5 Å². The number of benzene rings is 1. The molecular formula is C25H30N6O. The van der Waals surface area contributed by atoms with Gasteiger partial charge in [0.2, 0.25) is 0 Å². The van der Waals surface area contributed by atoms with Crippen LogP contribution in [0.4, 0.5) is 0 Å². The molecule has 3 heterocycles. The summed E-state index contributed by atoms with van der Waals surface area (Å²) in [5.74, 6) is -0.138. The molecule has 4 rings (SSSR count). The molecule has 1 amide bonds. The maximum atomic E-state index is 13.5. The Kier molecular flexibility index (Phi) is 5.82. The lowest BCUT2D eigenvalue weighted by Crippen LogP contribution is -2.27. The van der Waals surface area contributed by atoms with Crippen LogP contribution in [0.3, 0.4) is 0 Å². The van der Waals surface area contributed by atoms with Crippen LogP contribution in [0.1, 0.15) is 59.7 Å². The summed E-state index contributed by atoms with van der Waals surface area (Å²) in [6, 6.07) is 9.90. The van der Waals surface area contributed by atoms with Crippen LogP contribution in [-0.2, 0) is 13.1 Å². The molecule has 0 aliphatic carbocycles. The third kappa shape index (κ3) is 3.90. The van der Waals surface area contributed by atoms with E-state index in [1.54, 1.807) is 0 Å². The number of aromatic nitrogens is 5. The quantitative estimate of drug-likeness (QED) is 0.479. The molecule has 0 saturated carbocycles. The molecule has 166 valence electrons. The van der Waals surface area contributed by atoms with Gasteiger partial charge in [-0.2, -0.15) is 10.2 Å². The summed E-state index contributed by atoms with van der Waals surface area (Å²) in [4.78, 5) is 18.4. The minimum atomic E-state index is -0.171. The first-order valence-electron chi connectivity index (χ1n) is 11.1. The lowest BCUT2D eigenvalue weighted by Gasteiger charge is -2.15. The van der Waals surface area contributed by atoms with Gasteiger partial charge in [-0.25, -0.2) is 9.67 Å². The van der Waals surface area contributed by atoms with Crippen LogP contribution in [-0.4, -0.2) is 30.5 Å². The van der Waals surface area contributed by atoms with E-state index < -0.39 is 0 Å². The number of nitrogens with one attached hydrogen (secondary N) is 1. The smallest absolute Gasteiger partial charge is 0.252 e. The van der Waals surface area contributed by atoms with E-state index in [0.29, 0.717) is 12.1 Å². The number of rotatable bonds is 6. The second-order valence-corrected chi connectivity index (χ2v) is 8.24. The van der Waals surface area contributed by atoms with Crippen LogP contribution in [0.25, 0.3) is 22.3 Å². The summed E-state index contributed by atoms with van der Waals surface area (Å²) in [5.41, 5.74) is 6.99. The van der Waals surface area contributed by atoms with Gasteiger partial charge < -0.3 is 5.32 Å². The Balaban J connectivity index is 1.79. The standard InChI is InChI=1S/C25H30N6O/c1-7-30-14-21(17(5)28-30)16(4)26-25(32)20-13-22(19-11-9-15(3)10-12-19)27-24-23(20)18(6)29-31(24)8-2/h9-14,16H,7-8H2,1-6H3,(H,26,32)/t16-/m1/s1. The normalized spacial score (nSPS) is 12.3. The first-order chi connectivity index (χ1) is 15.3. The number of pyridine rings is 1. The molecule has 0 spiro atoms. The van der Waals surface area contributed by atoms with E-state index in [2.05, 4.69) is 34.6 Å². The van der Waals surface area contributed by atoms with Crippen molar-refractivity contribution in [1.82, 2.24) is 29.9 Å². The van der Waals surface area contributed by atoms with Crippen LogP contribution in [0.2, 0.25) is 0 Å². The van der Waals surface area contributed by atoms with Gasteiger partial charge in [0.05, 0.1) is 34.1 Å². The average Bonchev–Trinajstić information content (AvgIpc) is 3.32. The van der Waals surface area contributed by atoms with Crippen molar-refractivity contribution in [3.05, 3.63) is 64.6 Å². The fourth-order valence-corrected chi connectivity index (χ4v) is 4.10. The number of hydrogen-bond acceptors (Lipinski definition) is 4. The summed E-state index contributed by atoms with van der Waals surface area (Å²) in [5, 5.41) is 13.1. The number of aryl methyl sites for hydroxylation is 5. The fourth-order valence-electron chi connectivity index (χ4n) is 4.10. The zero-order chi connectivity index (χ0) is 23.0. The van der Waals surface area contributed by atoms with Crippen molar-refractivity contribution >= 4 is 16.9 Å². The Hall–Kier alpha value is -3.48. The fraction of sp³-hybridized carbons (Fsp3) is 0.360. The highest BCUT2D eigenvalue weighted by molar-refractivity contribution is 6.07. The van der Waals surface area contributed by atoms with Crippen LogP contribution >= 0.6 is 0 Å². The Bertz CT molecular complexity index is 1280. The third-order valence-corrected chi connectivity index (χ3v) is 5.89. The topological polar surface area (TPSA) is 77.6 Å². The van der Waals surface area contributed by atoms with Gasteiger partial charge in [0, 0.05) is 30.4 Å². The summed E-state index contributed by atoms with van der Waals surface area (Å²) in [6.07, 6.45) is 2.00. The largest absolute Gasteiger partial charge is 0.345 e. The minimum absolute atomic E-state index is 0.138. The highest BCUT2D eigenvalue weighted by atomic mass is 16.1.